The molecule has 0 unspecified atom stereocenters. The molecule has 0 fully saturated rings. The van der Waals surface area contributed by atoms with Crippen LogP contribution in [0, 0.1) is 6.92 Å². The van der Waals surface area contributed by atoms with E-state index in [9.17, 15) is 4.79 Å². The molecule has 0 aliphatic rings. The van der Waals surface area contributed by atoms with Crippen LogP contribution in [0.1, 0.15) is 63.4 Å². The van der Waals surface area contributed by atoms with Crippen molar-refractivity contribution in [3.05, 3.63) is 123 Å². The standard InChI is InChI=1S/C38H36N4O6S/c1-24(2)37-39-30(23-49-37)18-17-28-20-42(31-14-7-6-8-15-31)41-36(28)47-21-29-13-10-16-33(34(29)44-4)46-22-32-25(3)48-35(40-32)26-11-9-12-27(19-26)38(43)45-5/h6-20,23-24H,21-22H2,1-5H3. The average molecular weight is 677 g/mol. The molecule has 0 atom stereocenters. The predicted octanol–water partition coefficient (Wildman–Crippen LogP) is 8.54. The molecule has 0 N–H and O–H groups in total. The van der Waals surface area contributed by atoms with Crippen LogP contribution in [0.5, 0.6) is 17.4 Å². The highest BCUT2D eigenvalue weighted by atomic mass is 32.1. The zero-order valence-corrected chi connectivity index (χ0v) is 28.7. The molecule has 6 aromatic rings. The largest absolute Gasteiger partial charge is 0.492 e. The van der Waals surface area contributed by atoms with Gasteiger partial charge in [0.05, 0.1) is 41.7 Å². The number of benzene rings is 3. The number of carbonyl (C=O) groups excluding carboxylic acids is 1. The van der Waals surface area contributed by atoms with Crippen molar-refractivity contribution in [2.24, 2.45) is 0 Å². The second-order valence-electron chi connectivity index (χ2n) is 11.4. The highest BCUT2D eigenvalue weighted by Crippen LogP contribution is 2.34. The predicted molar refractivity (Wildman–Crippen MR) is 188 cm³/mol. The van der Waals surface area contributed by atoms with Crippen molar-refractivity contribution in [3.8, 4) is 34.5 Å². The van der Waals surface area contributed by atoms with Crippen LogP contribution in [0.3, 0.4) is 0 Å². The molecule has 3 heterocycles. The van der Waals surface area contributed by atoms with Gasteiger partial charge in [0.2, 0.25) is 11.8 Å². The first-order chi connectivity index (χ1) is 23.8. The SMILES string of the molecule is COC(=O)c1cccc(-c2nc(COc3cccc(COc4nn(-c5ccccc5)cc4C=Cc4csc(C(C)C)n4)c3OC)c(C)o2)c1. The molecule has 250 valence electrons. The van der Waals surface area contributed by atoms with Gasteiger partial charge in [0.25, 0.3) is 0 Å². The molecular weight excluding hydrogens is 641 g/mol. The number of methoxy groups -OCH3 is 2. The van der Waals surface area contributed by atoms with E-state index < -0.39 is 5.97 Å². The quantitative estimate of drug-likeness (QED) is 0.111. The molecule has 0 aliphatic carbocycles. The van der Waals surface area contributed by atoms with Crippen molar-refractivity contribution in [2.45, 2.75) is 39.9 Å². The third-order valence-electron chi connectivity index (χ3n) is 7.61. The molecule has 6 rings (SSSR count). The maximum absolute atomic E-state index is 12.0. The molecule has 11 heteroatoms. The van der Waals surface area contributed by atoms with Crippen LogP contribution >= 0.6 is 11.3 Å². The van der Waals surface area contributed by atoms with Crippen LogP contribution < -0.4 is 14.2 Å². The first kappa shape index (κ1) is 33.2. The first-order valence-electron chi connectivity index (χ1n) is 15.7. The molecule has 0 aliphatic heterocycles. The number of oxazole rings is 1. The van der Waals surface area contributed by atoms with Gasteiger partial charge in [-0.25, -0.2) is 19.4 Å². The Morgan fingerprint density at radius 1 is 0.959 bits per heavy atom. The van der Waals surface area contributed by atoms with Gasteiger partial charge < -0.3 is 23.4 Å². The molecule has 3 aromatic heterocycles. The van der Waals surface area contributed by atoms with Gasteiger partial charge in [-0.05, 0) is 55.5 Å². The summed E-state index contributed by atoms with van der Waals surface area (Å²) in [6.45, 7) is 6.41. The zero-order valence-electron chi connectivity index (χ0n) is 27.9. The van der Waals surface area contributed by atoms with Gasteiger partial charge in [-0.2, -0.15) is 0 Å². The molecule has 0 spiro atoms. The maximum atomic E-state index is 12.0. The number of aryl methyl sites for hydroxylation is 1. The van der Waals surface area contributed by atoms with Crippen molar-refractivity contribution in [3.63, 3.8) is 0 Å². The van der Waals surface area contributed by atoms with E-state index in [-0.39, 0.29) is 13.2 Å². The van der Waals surface area contributed by atoms with Gasteiger partial charge in [0, 0.05) is 28.6 Å². The van der Waals surface area contributed by atoms with Crippen LogP contribution in [0.4, 0.5) is 0 Å². The van der Waals surface area contributed by atoms with E-state index in [2.05, 4.69) is 18.8 Å². The number of esters is 1. The average Bonchev–Trinajstić information content (AvgIpc) is 3.87. The van der Waals surface area contributed by atoms with Crippen LogP contribution in [0.15, 0.2) is 88.8 Å². The molecule has 0 saturated heterocycles. The number of thiazole rings is 1. The van der Waals surface area contributed by atoms with Gasteiger partial charge in [0.1, 0.15) is 24.7 Å². The number of hydrogen-bond acceptors (Lipinski definition) is 10. The van der Waals surface area contributed by atoms with E-state index in [4.69, 9.17) is 33.4 Å². The molecular formula is C38H36N4O6S. The molecule has 0 bridgehead atoms. The first-order valence-corrected chi connectivity index (χ1v) is 16.6. The molecule has 0 saturated carbocycles. The van der Waals surface area contributed by atoms with Gasteiger partial charge in [-0.15, -0.1) is 16.4 Å². The van der Waals surface area contributed by atoms with E-state index in [1.54, 1.807) is 41.3 Å². The lowest BCUT2D eigenvalue weighted by Crippen LogP contribution is -2.04. The van der Waals surface area contributed by atoms with Crippen LogP contribution in [-0.4, -0.2) is 39.9 Å². The molecule has 0 amide bonds. The second-order valence-corrected chi connectivity index (χ2v) is 12.3. The summed E-state index contributed by atoms with van der Waals surface area (Å²) in [6, 6.07) is 22.4. The summed E-state index contributed by atoms with van der Waals surface area (Å²) in [6.07, 6.45) is 5.88. The number of para-hydroxylation sites is 2. The van der Waals surface area contributed by atoms with Crippen LogP contribution in [-0.2, 0) is 18.0 Å². The lowest BCUT2D eigenvalue weighted by Gasteiger charge is -2.14. The summed E-state index contributed by atoms with van der Waals surface area (Å²) in [5.41, 5.74) is 5.08. The van der Waals surface area contributed by atoms with Crippen molar-refractivity contribution >= 4 is 29.5 Å². The summed E-state index contributed by atoms with van der Waals surface area (Å²) in [4.78, 5) is 21.4. The summed E-state index contributed by atoms with van der Waals surface area (Å²) < 4.78 is 30.9. The highest BCUT2D eigenvalue weighted by molar-refractivity contribution is 7.09. The van der Waals surface area contributed by atoms with E-state index >= 15 is 0 Å². The van der Waals surface area contributed by atoms with E-state index in [0.29, 0.717) is 51.8 Å². The maximum Gasteiger partial charge on any atom is 0.337 e. The third kappa shape index (κ3) is 7.73. The van der Waals surface area contributed by atoms with Gasteiger partial charge in [0.15, 0.2) is 11.5 Å². The fraction of sp³-hybridized carbons (Fsp3) is 0.211. The van der Waals surface area contributed by atoms with Crippen molar-refractivity contribution < 1.29 is 28.2 Å². The summed E-state index contributed by atoms with van der Waals surface area (Å²) >= 11 is 1.65. The Labute approximate surface area is 288 Å². The number of aromatic nitrogens is 4. The van der Waals surface area contributed by atoms with Crippen LogP contribution in [0.2, 0.25) is 0 Å². The normalized spacial score (nSPS) is 11.3. The molecule has 49 heavy (non-hydrogen) atoms. The monoisotopic (exact) mass is 676 g/mol. The number of hydrogen-bond donors (Lipinski definition) is 0. The Balaban J connectivity index is 1.20. The fourth-order valence-corrected chi connectivity index (χ4v) is 5.83. The Hall–Kier alpha value is -5.68. The lowest BCUT2D eigenvalue weighted by molar-refractivity contribution is 0.0600. The van der Waals surface area contributed by atoms with E-state index in [1.165, 1.54) is 7.11 Å². The van der Waals surface area contributed by atoms with Crippen LogP contribution in [0.25, 0.3) is 29.3 Å². The minimum absolute atomic E-state index is 0.137. The number of nitrogens with zero attached hydrogens (tertiary/aromatic N) is 4. The molecule has 10 nitrogen and oxygen atoms in total. The number of carbonyl (C=O) groups is 1. The summed E-state index contributed by atoms with van der Waals surface area (Å²) in [5.74, 6) is 2.46. The smallest absolute Gasteiger partial charge is 0.337 e. The van der Waals surface area contributed by atoms with Gasteiger partial charge in [-0.1, -0.05) is 50.2 Å². The molecule has 3 aromatic carbocycles. The van der Waals surface area contributed by atoms with Crippen molar-refractivity contribution in [1.29, 1.82) is 0 Å². The topological polar surface area (TPSA) is 111 Å². The van der Waals surface area contributed by atoms with E-state index in [1.807, 2.05) is 85.2 Å². The third-order valence-corrected chi connectivity index (χ3v) is 8.78. The highest BCUT2D eigenvalue weighted by Gasteiger charge is 2.18. The number of rotatable bonds is 13. The fourth-order valence-electron chi connectivity index (χ4n) is 5.02. The lowest BCUT2D eigenvalue weighted by atomic mass is 10.1. The van der Waals surface area contributed by atoms with Gasteiger partial charge in [-0.3, -0.25) is 0 Å². The second kappa shape index (κ2) is 15.0. The number of ether oxygens (including phenoxy) is 4. The Bertz CT molecular complexity index is 2080. The summed E-state index contributed by atoms with van der Waals surface area (Å²) in [7, 11) is 2.94. The Kier molecular flexibility index (Phi) is 10.2. The van der Waals surface area contributed by atoms with Gasteiger partial charge >= 0.3 is 5.97 Å². The summed E-state index contributed by atoms with van der Waals surface area (Å²) in [5, 5.41) is 7.90. The van der Waals surface area contributed by atoms with Crippen molar-refractivity contribution in [1.82, 2.24) is 19.7 Å². The van der Waals surface area contributed by atoms with Crippen molar-refractivity contribution in [2.75, 3.05) is 14.2 Å². The Morgan fingerprint density at radius 2 is 1.78 bits per heavy atom. The minimum atomic E-state index is -0.433. The Morgan fingerprint density at radius 3 is 2.53 bits per heavy atom. The van der Waals surface area contributed by atoms with E-state index in [0.717, 1.165) is 27.5 Å². The molecule has 0 radical (unpaired) electrons. The zero-order chi connectivity index (χ0) is 34.3. The minimum Gasteiger partial charge on any atom is -0.492 e.